The third-order valence-electron chi connectivity index (χ3n) is 4.56. The molecule has 0 spiro atoms. The largest absolute Gasteiger partial charge is 0.482 e. The van der Waals surface area contributed by atoms with E-state index in [1.165, 1.54) is 55.6 Å². The molecule has 0 fully saturated rings. The molecular weight excluding hydrogens is 456 g/mol. The summed E-state index contributed by atoms with van der Waals surface area (Å²) in [7, 11) is -2.54. The zero-order valence-corrected chi connectivity index (χ0v) is 18.2. The maximum Gasteiger partial charge on any atom is 0.344 e. The number of hydrogen-bond donors (Lipinski definition) is 0. The quantitative estimate of drug-likeness (QED) is 0.347. The average Bonchev–Trinajstić information content (AvgIpc) is 2.81. The summed E-state index contributed by atoms with van der Waals surface area (Å²) in [6, 6.07) is 15.2. The number of carbonyl (C=O) groups excluding carboxylic acids is 2. The van der Waals surface area contributed by atoms with E-state index < -0.39 is 46.6 Å². The highest BCUT2D eigenvalue weighted by Gasteiger charge is 2.21. The third kappa shape index (κ3) is 6.13. The Balaban J connectivity index is 1.52. The van der Waals surface area contributed by atoms with Gasteiger partial charge in [-0.25, -0.2) is 22.0 Å². The van der Waals surface area contributed by atoms with E-state index in [1.54, 1.807) is 0 Å². The van der Waals surface area contributed by atoms with Gasteiger partial charge >= 0.3 is 5.97 Å². The van der Waals surface area contributed by atoms with E-state index in [0.29, 0.717) is 5.69 Å². The van der Waals surface area contributed by atoms with Gasteiger partial charge < -0.3 is 9.47 Å². The van der Waals surface area contributed by atoms with Gasteiger partial charge in [-0.15, -0.1) is 0 Å². The van der Waals surface area contributed by atoms with Gasteiger partial charge in [-0.3, -0.25) is 9.10 Å². The van der Waals surface area contributed by atoms with Crippen LogP contribution in [0.3, 0.4) is 0 Å². The van der Waals surface area contributed by atoms with Gasteiger partial charge in [-0.05, 0) is 72.8 Å². The summed E-state index contributed by atoms with van der Waals surface area (Å²) in [5, 5.41) is 0. The zero-order chi connectivity index (χ0) is 24.0. The van der Waals surface area contributed by atoms with Crippen LogP contribution in [0.2, 0.25) is 0 Å². The third-order valence-corrected chi connectivity index (χ3v) is 6.36. The minimum atomic E-state index is -3.89. The van der Waals surface area contributed by atoms with Crippen molar-refractivity contribution in [1.29, 1.82) is 0 Å². The van der Waals surface area contributed by atoms with Crippen LogP contribution in [0.25, 0.3) is 0 Å². The van der Waals surface area contributed by atoms with Crippen molar-refractivity contribution >= 4 is 27.5 Å². The number of benzene rings is 3. The van der Waals surface area contributed by atoms with Crippen LogP contribution in [0, 0.1) is 11.6 Å². The van der Waals surface area contributed by atoms with Crippen LogP contribution < -0.4 is 9.04 Å². The molecule has 33 heavy (non-hydrogen) atoms. The number of esters is 1. The summed E-state index contributed by atoms with van der Waals surface area (Å²) in [5.41, 5.74) is 0.527. The number of anilines is 1. The number of rotatable bonds is 9. The normalized spacial score (nSPS) is 11.0. The molecule has 0 aromatic heterocycles. The molecule has 3 aromatic carbocycles. The molecule has 0 unspecified atom stereocenters. The fourth-order valence-electron chi connectivity index (χ4n) is 2.70. The van der Waals surface area contributed by atoms with E-state index in [0.717, 1.165) is 28.6 Å². The minimum Gasteiger partial charge on any atom is -0.482 e. The highest BCUT2D eigenvalue weighted by atomic mass is 32.2. The lowest BCUT2D eigenvalue weighted by atomic mass is 10.1. The first-order chi connectivity index (χ1) is 15.7. The Labute approximate surface area is 189 Å². The molecule has 0 saturated carbocycles. The first-order valence-electron chi connectivity index (χ1n) is 9.58. The van der Waals surface area contributed by atoms with E-state index in [4.69, 9.17) is 9.47 Å². The Bertz CT molecular complexity index is 1230. The summed E-state index contributed by atoms with van der Waals surface area (Å²) < 4.78 is 62.4. The van der Waals surface area contributed by atoms with Crippen LogP contribution in [-0.4, -0.2) is 40.4 Å². The molecule has 0 N–H and O–H groups in total. The molecule has 3 aromatic rings. The zero-order valence-electron chi connectivity index (χ0n) is 17.4. The topological polar surface area (TPSA) is 90.0 Å². The van der Waals surface area contributed by atoms with E-state index >= 15 is 0 Å². The highest BCUT2D eigenvalue weighted by molar-refractivity contribution is 7.92. The molecule has 0 aliphatic rings. The van der Waals surface area contributed by atoms with Crippen molar-refractivity contribution < 1.29 is 36.3 Å². The molecular formula is C23H19F2NO6S. The molecule has 0 amide bonds. The van der Waals surface area contributed by atoms with E-state index in [9.17, 15) is 26.8 Å². The molecule has 0 heterocycles. The SMILES string of the molecule is CN(c1ccc(OCC(=O)OCC(=O)c2ccc(F)cc2)cc1)S(=O)(=O)c1ccc(F)cc1. The van der Waals surface area contributed by atoms with Gasteiger partial charge in [0, 0.05) is 12.6 Å². The fourth-order valence-corrected chi connectivity index (χ4v) is 3.90. The lowest BCUT2D eigenvalue weighted by Crippen LogP contribution is -2.26. The van der Waals surface area contributed by atoms with Gasteiger partial charge in [-0.1, -0.05) is 0 Å². The van der Waals surface area contributed by atoms with Crippen LogP contribution in [0.5, 0.6) is 5.75 Å². The number of Topliss-reactive ketones (excluding diaryl/α,β-unsaturated/α-hetero) is 1. The van der Waals surface area contributed by atoms with Crippen LogP contribution in [0.4, 0.5) is 14.5 Å². The highest BCUT2D eigenvalue weighted by Crippen LogP contribution is 2.24. The molecule has 172 valence electrons. The lowest BCUT2D eigenvalue weighted by molar-refractivity contribution is -0.144. The standard InChI is InChI=1S/C23H19F2NO6S/c1-26(33(29,30)21-12-6-18(25)7-13-21)19-8-10-20(11-9-19)31-15-23(28)32-14-22(27)16-2-4-17(24)5-3-16/h2-13H,14-15H2,1H3. The number of halogens is 2. The van der Waals surface area contributed by atoms with Crippen LogP contribution in [0.15, 0.2) is 77.7 Å². The van der Waals surface area contributed by atoms with Crippen molar-refractivity contribution in [2.24, 2.45) is 0 Å². The molecule has 0 radical (unpaired) electrons. The van der Waals surface area contributed by atoms with Gasteiger partial charge in [0.2, 0.25) is 0 Å². The van der Waals surface area contributed by atoms with Gasteiger partial charge in [0.1, 0.15) is 17.4 Å². The number of hydrogen-bond acceptors (Lipinski definition) is 6. The summed E-state index contributed by atoms with van der Waals surface area (Å²) in [6.07, 6.45) is 0. The van der Waals surface area contributed by atoms with Gasteiger partial charge in [0.25, 0.3) is 10.0 Å². The molecule has 7 nitrogen and oxygen atoms in total. The second-order valence-electron chi connectivity index (χ2n) is 6.80. The smallest absolute Gasteiger partial charge is 0.344 e. The molecule has 0 atom stereocenters. The molecule has 0 aliphatic carbocycles. The lowest BCUT2D eigenvalue weighted by Gasteiger charge is -2.19. The van der Waals surface area contributed by atoms with Crippen molar-refractivity contribution in [3.63, 3.8) is 0 Å². The van der Waals surface area contributed by atoms with E-state index in [-0.39, 0.29) is 16.2 Å². The fraction of sp³-hybridized carbons (Fsp3) is 0.130. The molecule has 0 bridgehead atoms. The number of sulfonamides is 1. The van der Waals surface area contributed by atoms with Gasteiger partial charge in [-0.2, -0.15) is 0 Å². The van der Waals surface area contributed by atoms with Gasteiger partial charge in [0.15, 0.2) is 19.0 Å². The number of carbonyl (C=O) groups is 2. The van der Waals surface area contributed by atoms with Crippen LogP contribution in [-0.2, 0) is 19.6 Å². The number of ether oxygens (including phenoxy) is 2. The summed E-state index contributed by atoms with van der Waals surface area (Å²) in [5.74, 6) is -2.03. The Morgan fingerprint density at radius 2 is 1.36 bits per heavy atom. The molecule has 0 saturated heterocycles. The summed E-state index contributed by atoms with van der Waals surface area (Å²) >= 11 is 0. The Morgan fingerprint density at radius 1 is 0.818 bits per heavy atom. The molecule has 3 rings (SSSR count). The van der Waals surface area contributed by atoms with Crippen molar-refractivity contribution in [2.75, 3.05) is 24.6 Å². The van der Waals surface area contributed by atoms with Crippen molar-refractivity contribution in [3.05, 3.63) is 90.0 Å². The number of nitrogens with zero attached hydrogens (tertiary/aromatic N) is 1. The van der Waals surface area contributed by atoms with Gasteiger partial charge in [0.05, 0.1) is 10.6 Å². The van der Waals surface area contributed by atoms with Crippen molar-refractivity contribution in [3.8, 4) is 5.75 Å². The number of ketones is 1. The second kappa shape index (κ2) is 10.2. The molecule has 10 heteroatoms. The van der Waals surface area contributed by atoms with Crippen molar-refractivity contribution in [2.45, 2.75) is 4.90 Å². The summed E-state index contributed by atoms with van der Waals surface area (Å²) in [6.45, 7) is -0.988. The van der Waals surface area contributed by atoms with Crippen LogP contribution >= 0.6 is 0 Å². The predicted molar refractivity (Wildman–Crippen MR) is 116 cm³/mol. The van der Waals surface area contributed by atoms with Crippen LogP contribution in [0.1, 0.15) is 10.4 Å². The van der Waals surface area contributed by atoms with Crippen molar-refractivity contribution in [1.82, 2.24) is 0 Å². The predicted octanol–water partition coefficient (Wildman–Crippen LogP) is 3.59. The Morgan fingerprint density at radius 3 is 1.94 bits per heavy atom. The molecule has 0 aliphatic heterocycles. The minimum absolute atomic E-state index is 0.0651. The maximum absolute atomic E-state index is 13.1. The average molecular weight is 475 g/mol. The Hall–Kier alpha value is -3.79. The summed E-state index contributed by atoms with van der Waals surface area (Å²) in [4.78, 5) is 23.7. The first kappa shape index (κ1) is 23.9. The monoisotopic (exact) mass is 475 g/mol. The second-order valence-corrected chi connectivity index (χ2v) is 8.77. The van der Waals surface area contributed by atoms with E-state index in [2.05, 4.69) is 0 Å². The van der Waals surface area contributed by atoms with E-state index in [1.807, 2.05) is 0 Å². The maximum atomic E-state index is 13.1. The Kier molecular flexibility index (Phi) is 7.39. The first-order valence-corrected chi connectivity index (χ1v) is 11.0.